The molecule has 3 heteroatoms. The molecule has 0 aliphatic rings. The van der Waals surface area contributed by atoms with Gasteiger partial charge in [-0.2, -0.15) is 0 Å². The maximum atomic E-state index is 4.19. The molecule has 1 aromatic carbocycles. The van der Waals surface area contributed by atoms with Gasteiger partial charge >= 0.3 is 0 Å². The van der Waals surface area contributed by atoms with Gasteiger partial charge in [0.05, 0.1) is 0 Å². The number of aromatic nitrogens is 2. The zero-order valence-corrected chi connectivity index (χ0v) is 9.81. The topological polar surface area (TPSA) is 25.8 Å². The second-order valence-corrected chi connectivity index (χ2v) is 4.21. The van der Waals surface area contributed by atoms with E-state index < -0.39 is 0 Å². The highest BCUT2D eigenvalue weighted by Gasteiger charge is 1.97. The third-order valence-electron chi connectivity index (χ3n) is 2.15. The smallest absolute Gasteiger partial charge is 0.128 e. The first-order chi connectivity index (χ1) is 7.34. The minimum absolute atomic E-state index is 0.886. The van der Waals surface area contributed by atoms with Gasteiger partial charge in [0, 0.05) is 23.3 Å². The Kier molecular flexibility index (Phi) is 3.45. The Hall–Kier alpha value is -1.22. The van der Waals surface area contributed by atoms with Crippen molar-refractivity contribution in [1.29, 1.82) is 0 Å². The molecule has 2 rings (SSSR count). The van der Waals surface area contributed by atoms with Gasteiger partial charge in [0.25, 0.3) is 0 Å². The number of aryl methyl sites for hydroxylation is 2. The predicted molar refractivity (Wildman–Crippen MR) is 63.6 cm³/mol. The van der Waals surface area contributed by atoms with Crippen molar-refractivity contribution in [2.45, 2.75) is 12.8 Å². The van der Waals surface area contributed by atoms with Gasteiger partial charge in [-0.3, -0.25) is 0 Å². The largest absolute Gasteiger partial charge is 0.241 e. The summed E-state index contributed by atoms with van der Waals surface area (Å²) in [5.74, 6) is 0.900. The summed E-state index contributed by atoms with van der Waals surface area (Å²) < 4.78 is 1.12. The van der Waals surface area contributed by atoms with Crippen LogP contribution in [0.25, 0.3) is 0 Å². The molecule has 0 aliphatic heterocycles. The van der Waals surface area contributed by atoms with Gasteiger partial charge in [0.15, 0.2) is 0 Å². The van der Waals surface area contributed by atoms with Crippen molar-refractivity contribution in [3.63, 3.8) is 0 Å². The lowest BCUT2D eigenvalue weighted by Gasteiger charge is -2.00. The van der Waals surface area contributed by atoms with E-state index in [9.17, 15) is 0 Å². The lowest BCUT2D eigenvalue weighted by atomic mass is 10.1. The third-order valence-corrected chi connectivity index (χ3v) is 2.64. The van der Waals surface area contributed by atoms with Gasteiger partial charge in [-0.25, -0.2) is 9.97 Å². The first-order valence-electron chi connectivity index (χ1n) is 4.85. The molecule has 0 saturated carbocycles. The van der Waals surface area contributed by atoms with E-state index >= 15 is 0 Å². The Balaban J connectivity index is 1.99. The molecule has 2 aromatic rings. The second kappa shape index (κ2) is 5.03. The van der Waals surface area contributed by atoms with Gasteiger partial charge in [0.2, 0.25) is 0 Å². The molecule has 0 radical (unpaired) electrons. The van der Waals surface area contributed by atoms with E-state index in [0.717, 1.165) is 23.1 Å². The molecule has 0 N–H and O–H groups in total. The minimum Gasteiger partial charge on any atom is -0.241 e. The van der Waals surface area contributed by atoms with E-state index in [1.165, 1.54) is 5.56 Å². The van der Waals surface area contributed by atoms with E-state index in [4.69, 9.17) is 0 Å². The van der Waals surface area contributed by atoms with Crippen molar-refractivity contribution >= 4 is 15.9 Å². The molecule has 0 fully saturated rings. The lowest BCUT2D eigenvalue weighted by Crippen LogP contribution is -1.96. The maximum absolute atomic E-state index is 4.19. The number of benzene rings is 1. The third kappa shape index (κ3) is 3.13. The molecule has 15 heavy (non-hydrogen) atoms. The quantitative estimate of drug-likeness (QED) is 0.850. The molecule has 2 nitrogen and oxygen atoms in total. The molecule has 0 atom stereocenters. The van der Waals surface area contributed by atoms with Crippen LogP contribution in [-0.2, 0) is 12.8 Å². The van der Waals surface area contributed by atoms with Crippen molar-refractivity contribution in [1.82, 2.24) is 9.97 Å². The molecule has 1 heterocycles. The van der Waals surface area contributed by atoms with Crippen LogP contribution in [-0.4, -0.2) is 9.97 Å². The Morgan fingerprint density at radius 3 is 2.53 bits per heavy atom. The molecule has 0 spiro atoms. The van der Waals surface area contributed by atoms with E-state index in [2.05, 4.69) is 38.0 Å². The zero-order valence-electron chi connectivity index (χ0n) is 8.23. The van der Waals surface area contributed by atoms with Gasteiger partial charge < -0.3 is 0 Å². The van der Waals surface area contributed by atoms with Crippen LogP contribution < -0.4 is 0 Å². The summed E-state index contributed by atoms with van der Waals surface area (Å²) in [6, 6.07) is 10.2. The Bertz CT molecular complexity index is 429. The Labute approximate surface area is 97.5 Å². The fourth-order valence-corrected chi connectivity index (χ4v) is 1.85. The second-order valence-electron chi connectivity index (χ2n) is 3.29. The summed E-state index contributed by atoms with van der Waals surface area (Å²) in [6.45, 7) is 0. The molecule has 0 aliphatic carbocycles. The average molecular weight is 263 g/mol. The molecular formula is C12H11BrN2. The van der Waals surface area contributed by atoms with Crippen LogP contribution in [0, 0.1) is 0 Å². The average Bonchev–Trinajstić information content (AvgIpc) is 2.28. The molecule has 0 unspecified atom stereocenters. The van der Waals surface area contributed by atoms with Crippen molar-refractivity contribution < 1.29 is 0 Å². The summed E-state index contributed by atoms with van der Waals surface area (Å²) in [5, 5.41) is 0. The van der Waals surface area contributed by atoms with Crippen molar-refractivity contribution in [3.8, 4) is 0 Å². The molecule has 0 amide bonds. The van der Waals surface area contributed by atoms with Gasteiger partial charge in [-0.05, 0) is 30.2 Å². The van der Waals surface area contributed by atoms with Crippen LogP contribution >= 0.6 is 15.9 Å². The van der Waals surface area contributed by atoms with Gasteiger partial charge in [-0.1, -0.05) is 28.1 Å². The minimum atomic E-state index is 0.886. The first kappa shape index (κ1) is 10.3. The molecular weight excluding hydrogens is 252 g/mol. The first-order valence-corrected chi connectivity index (χ1v) is 5.64. The van der Waals surface area contributed by atoms with E-state index in [1.807, 2.05) is 18.2 Å². The SMILES string of the molecule is Brc1cccc(CCc2ncccn2)c1. The highest BCUT2D eigenvalue weighted by Crippen LogP contribution is 2.12. The number of halogens is 1. The zero-order chi connectivity index (χ0) is 10.5. The fraction of sp³-hybridized carbons (Fsp3) is 0.167. The van der Waals surface area contributed by atoms with Crippen LogP contribution in [0.5, 0.6) is 0 Å². The number of nitrogens with zero attached hydrogens (tertiary/aromatic N) is 2. The van der Waals surface area contributed by atoms with Crippen molar-refractivity contribution in [3.05, 3.63) is 58.6 Å². The fourth-order valence-electron chi connectivity index (χ4n) is 1.41. The van der Waals surface area contributed by atoms with Crippen LogP contribution in [0.2, 0.25) is 0 Å². The summed E-state index contributed by atoms with van der Waals surface area (Å²) in [7, 11) is 0. The standard InChI is InChI=1S/C12H11BrN2/c13-11-4-1-3-10(9-11)5-6-12-14-7-2-8-15-12/h1-4,7-9H,5-6H2. The Morgan fingerprint density at radius 1 is 1.00 bits per heavy atom. The predicted octanol–water partition coefficient (Wildman–Crippen LogP) is 3.02. The lowest BCUT2D eigenvalue weighted by molar-refractivity contribution is 0.857. The van der Waals surface area contributed by atoms with Crippen LogP contribution in [0.15, 0.2) is 47.2 Å². The van der Waals surface area contributed by atoms with Crippen LogP contribution in [0.4, 0.5) is 0 Å². The van der Waals surface area contributed by atoms with Gasteiger partial charge in [0.1, 0.15) is 5.82 Å². The summed E-state index contributed by atoms with van der Waals surface area (Å²) in [6.07, 6.45) is 5.42. The summed E-state index contributed by atoms with van der Waals surface area (Å²) in [4.78, 5) is 8.39. The number of hydrogen-bond acceptors (Lipinski definition) is 2. The van der Waals surface area contributed by atoms with Crippen molar-refractivity contribution in [2.75, 3.05) is 0 Å². The number of rotatable bonds is 3. The van der Waals surface area contributed by atoms with E-state index in [1.54, 1.807) is 12.4 Å². The highest BCUT2D eigenvalue weighted by molar-refractivity contribution is 9.10. The molecule has 1 aromatic heterocycles. The number of hydrogen-bond donors (Lipinski definition) is 0. The highest BCUT2D eigenvalue weighted by atomic mass is 79.9. The molecule has 0 saturated heterocycles. The normalized spacial score (nSPS) is 10.2. The van der Waals surface area contributed by atoms with Crippen LogP contribution in [0.1, 0.15) is 11.4 Å². The van der Waals surface area contributed by atoms with Crippen LogP contribution in [0.3, 0.4) is 0 Å². The summed E-state index contributed by atoms with van der Waals surface area (Å²) in [5.41, 5.74) is 1.30. The van der Waals surface area contributed by atoms with E-state index in [-0.39, 0.29) is 0 Å². The van der Waals surface area contributed by atoms with E-state index in [0.29, 0.717) is 0 Å². The van der Waals surface area contributed by atoms with Gasteiger partial charge in [-0.15, -0.1) is 0 Å². The summed E-state index contributed by atoms with van der Waals surface area (Å²) >= 11 is 3.46. The molecule has 0 bridgehead atoms. The monoisotopic (exact) mass is 262 g/mol. The Morgan fingerprint density at radius 2 is 1.80 bits per heavy atom. The van der Waals surface area contributed by atoms with Crippen molar-refractivity contribution in [2.24, 2.45) is 0 Å². The molecule has 76 valence electrons. The maximum Gasteiger partial charge on any atom is 0.128 e.